The van der Waals surface area contributed by atoms with Crippen molar-refractivity contribution >= 4 is 17.0 Å². The van der Waals surface area contributed by atoms with E-state index in [2.05, 4.69) is 48.3 Å². The second kappa shape index (κ2) is 7.05. The predicted molar refractivity (Wildman–Crippen MR) is 85.2 cm³/mol. The Morgan fingerprint density at radius 2 is 1.78 bits per heavy atom. The summed E-state index contributed by atoms with van der Waals surface area (Å²) in [5.74, 6) is 0.645. The van der Waals surface area contributed by atoms with E-state index in [0.29, 0.717) is 5.92 Å². The molecule has 3 rings (SSSR count). The number of nitrogens with one attached hydrogen (secondary N) is 1. The first-order chi connectivity index (χ1) is 8.86. The maximum absolute atomic E-state index is 3.46. The van der Waals surface area contributed by atoms with Gasteiger partial charge in [0.2, 0.25) is 0 Å². The second-order valence-electron chi connectivity index (χ2n) is 4.04. The first kappa shape index (κ1) is 14.6. The molecule has 0 bridgehead atoms. The lowest BCUT2D eigenvalue weighted by Crippen LogP contribution is -1.97. The van der Waals surface area contributed by atoms with Crippen molar-refractivity contribution in [2.75, 3.05) is 0 Å². The van der Waals surface area contributed by atoms with E-state index in [0.717, 1.165) is 6.42 Å². The van der Waals surface area contributed by atoms with E-state index in [1.165, 1.54) is 22.2 Å². The standard InChI is InChI=1S/C13H13N.2C2H6.H2/c1-9-5-4-8-12-13(9)10-6-2-3-7-11(10)14-12;2*1-2;/h2-4,6-9,14H,5H2,1H3;2*1-2H3;1H. The van der Waals surface area contributed by atoms with Crippen LogP contribution in [-0.2, 0) is 0 Å². The third-order valence-corrected chi connectivity index (χ3v) is 3.04. The molecule has 0 saturated heterocycles. The Balaban J connectivity index is 0.000000597. The minimum absolute atomic E-state index is 0. The highest BCUT2D eigenvalue weighted by atomic mass is 14.7. The molecule has 1 nitrogen and oxygen atoms in total. The molecule has 1 atom stereocenters. The van der Waals surface area contributed by atoms with Gasteiger partial charge in [-0.15, -0.1) is 0 Å². The highest BCUT2D eigenvalue weighted by Crippen LogP contribution is 2.34. The minimum atomic E-state index is 0. The van der Waals surface area contributed by atoms with Crippen molar-refractivity contribution in [3.63, 3.8) is 0 Å². The van der Waals surface area contributed by atoms with Gasteiger partial charge in [0, 0.05) is 18.0 Å². The summed E-state index contributed by atoms with van der Waals surface area (Å²) in [5.41, 5.74) is 4.05. The van der Waals surface area contributed by atoms with Gasteiger partial charge in [0.1, 0.15) is 0 Å². The average molecular weight is 245 g/mol. The number of aromatic amines is 1. The van der Waals surface area contributed by atoms with Crippen LogP contribution in [0, 0.1) is 0 Å². The van der Waals surface area contributed by atoms with E-state index in [9.17, 15) is 0 Å². The number of fused-ring (bicyclic) bond motifs is 3. The predicted octanol–water partition coefficient (Wildman–Crippen LogP) is 5.99. The Bertz CT molecular complexity index is 511. The molecule has 1 unspecified atom stereocenters. The number of allylic oxidation sites excluding steroid dienone is 1. The number of hydrogen-bond acceptors (Lipinski definition) is 0. The molecule has 1 aliphatic carbocycles. The van der Waals surface area contributed by atoms with Gasteiger partial charge in [0.15, 0.2) is 0 Å². The molecule has 0 radical (unpaired) electrons. The number of benzene rings is 1. The summed E-state index contributed by atoms with van der Waals surface area (Å²) in [6, 6.07) is 8.55. The van der Waals surface area contributed by atoms with E-state index in [4.69, 9.17) is 0 Å². The van der Waals surface area contributed by atoms with Gasteiger partial charge >= 0.3 is 0 Å². The number of rotatable bonds is 0. The minimum Gasteiger partial charge on any atom is -0.355 e. The molecule has 18 heavy (non-hydrogen) atoms. The lowest BCUT2D eigenvalue weighted by atomic mass is 9.91. The normalized spacial score (nSPS) is 16.2. The van der Waals surface area contributed by atoms with Gasteiger partial charge in [0.05, 0.1) is 0 Å². The van der Waals surface area contributed by atoms with Crippen LogP contribution in [0.25, 0.3) is 17.0 Å². The largest absolute Gasteiger partial charge is 0.355 e. The maximum Gasteiger partial charge on any atom is 0.0461 e. The van der Waals surface area contributed by atoms with E-state index < -0.39 is 0 Å². The average Bonchev–Trinajstić information content (AvgIpc) is 2.83. The molecular weight excluding hydrogens is 218 g/mol. The van der Waals surface area contributed by atoms with Gasteiger partial charge < -0.3 is 4.98 Å². The van der Waals surface area contributed by atoms with Crippen molar-refractivity contribution in [1.82, 2.24) is 4.98 Å². The molecule has 1 heteroatoms. The smallest absolute Gasteiger partial charge is 0.0461 e. The topological polar surface area (TPSA) is 15.8 Å². The highest BCUT2D eigenvalue weighted by molar-refractivity contribution is 5.88. The zero-order valence-corrected chi connectivity index (χ0v) is 12.2. The van der Waals surface area contributed by atoms with Crippen molar-refractivity contribution in [3.8, 4) is 0 Å². The van der Waals surface area contributed by atoms with Crippen molar-refractivity contribution in [2.45, 2.75) is 47.0 Å². The molecule has 0 saturated carbocycles. The van der Waals surface area contributed by atoms with Gasteiger partial charge in [-0.25, -0.2) is 0 Å². The van der Waals surface area contributed by atoms with Crippen LogP contribution in [0.5, 0.6) is 0 Å². The quantitative estimate of drug-likeness (QED) is 0.587. The van der Waals surface area contributed by atoms with Crippen LogP contribution in [0.1, 0.15) is 59.6 Å². The van der Waals surface area contributed by atoms with Crippen LogP contribution >= 0.6 is 0 Å². The van der Waals surface area contributed by atoms with Gasteiger partial charge in [-0.2, -0.15) is 0 Å². The molecule has 0 aliphatic heterocycles. The number of aromatic nitrogens is 1. The fourth-order valence-electron chi connectivity index (χ4n) is 2.35. The zero-order chi connectivity index (χ0) is 13.5. The van der Waals surface area contributed by atoms with Gasteiger partial charge in [-0.05, 0) is 30.0 Å². The molecule has 1 N–H and O–H groups in total. The van der Waals surface area contributed by atoms with Crippen LogP contribution in [0.2, 0.25) is 0 Å². The SMILES string of the molecule is CC.CC.CC1CC=Cc2[nH]c3ccccc3c21.[HH]. The van der Waals surface area contributed by atoms with E-state index in [-0.39, 0.29) is 1.43 Å². The molecule has 0 fully saturated rings. The molecule has 0 spiro atoms. The molecular formula is C17H27N. The summed E-state index contributed by atoms with van der Waals surface area (Å²) in [6.45, 7) is 10.3. The molecule has 0 amide bonds. The molecule has 1 aromatic heterocycles. The fraction of sp³-hybridized carbons (Fsp3) is 0.412. The summed E-state index contributed by atoms with van der Waals surface area (Å²) in [4.78, 5) is 3.46. The third-order valence-electron chi connectivity index (χ3n) is 3.04. The summed E-state index contributed by atoms with van der Waals surface area (Å²) in [5, 5.41) is 1.39. The molecule has 100 valence electrons. The van der Waals surface area contributed by atoms with Crippen molar-refractivity contribution in [2.24, 2.45) is 0 Å². The number of hydrogen-bond donors (Lipinski definition) is 1. The van der Waals surface area contributed by atoms with Crippen molar-refractivity contribution in [3.05, 3.63) is 41.6 Å². The lowest BCUT2D eigenvalue weighted by molar-refractivity contribution is 0.778. The Morgan fingerprint density at radius 3 is 2.50 bits per heavy atom. The molecule has 1 aromatic carbocycles. The van der Waals surface area contributed by atoms with Crippen molar-refractivity contribution < 1.29 is 1.43 Å². The van der Waals surface area contributed by atoms with Gasteiger partial charge in [-0.1, -0.05) is 58.9 Å². The van der Waals surface area contributed by atoms with Crippen LogP contribution < -0.4 is 0 Å². The molecule has 2 aromatic rings. The monoisotopic (exact) mass is 245 g/mol. The number of H-pyrrole nitrogens is 1. The molecule has 1 aliphatic rings. The highest BCUT2D eigenvalue weighted by Gasteiger charge is 2.17. The Labute approximate surface area is 112 Å². The number of para-hydroxylation sites is 1. The first-order valence-electron chi connectivity index (χ1n) is 7.13. The van der Waals surface area contributed by atoms with Gasteiger partial charge in [0.25, 0.3) is 0 Å². The Kier molecular flexibility index (Phi) is 5.70. The van der Waals surface area contributed by atoms with Crippen LogP contribution in [0.4, 0.5) is 0 Å². The summed E-state index contributed by atoms with van der Waals surface area (Å²) in [7, 11) is 0. The van der Waals surface area contributed by atoms with E-state index >= 15 is 0 Å². The van der Waals surface area contributed by atoms with E-state index in [1.807, 2.05) is 27.7 Å². The zero-order valence-electron chi connectivity index (χ0n) is 12.2. The summed E-state index contributed by atoms with van der Waals surface area (Å²) in [6.07, 6.45) is 5.62. The molecule has 1 heterocycles. The summed E-state index contributed by atoms with van der Waals surface area (Å²) < 4.78 is 0. The fourth-order valence-corrected chi connectivity index (χ4v) is 2.35. The maximum atomic E-state index is 3.46. The van der Waals surface area contributed by atoms with Gasteiger partial charge in [-0.3, -0.25) is 0 Å². The van der Waals surface area contributed by atoms with Crippen LogP contribution in [0.15, 0.2) is 30.3 Å². The lowest BCUT2D eigenvalue weighted by Gasteiger charge is -2.13. The first-order valence-corrected chi connectivity index (χ1v) is 7.13. The second-order valence-corrected chi connectivity index (χ2v) is 4.04. The van der Waals surface area contributed by atoms with E-state index in [1.54, 1.807) is 0 Å². The Hall–Kier alpha value is -1.50. The Morgan fingerprint density at radius 1 is 1.11 bits per heavy atom. The third kappa shape index (κ3) is 2.66. The van der Waals surface area contributed by atoms with Crippen LogP contribution in [0.3, 0.4) is 0 Å². The van der Waals surface area contributed by atoms with Crippen molar-refractivity contribution in [1.29, 1.82) is 0 Å². The van der Waals surface area contributed by atoms with Crippen LogP contribution in [-0.4, -0.2) is 4.98 Å². The summed E-state index contributed by atoms with van der Waals surface area (Å²) >= 11 is 0.